The van der Waals surface area contributed by atoms with Gasteiger partial charge in [0.05, 0.1) is 5.69 Å². The molecule has 0 spiro atoms. The van der Waals surface area contributed by atoms with E-state index >= 15 is 0 Å². The number of benzene rings is 2. The first-order valence-corrected chi connectivity index (χ1v) is 9.52. The number of carbonyl (C=O) groups excluding carboxylic acids is 1. The van der Waals surface area contributed by atoms with E-state index in [2.05, 4.69) is 15.6 Å². The van der Waals surface area contributed by atoms with E-state index in [0.717, 1.165) is 0 Å². The zero-order chi connectivity index (χ0) is 21.8. The number of pyridine rings is 1. The lowest BCUT2D eigenvalue weighted by Crippen LogP contribution is -2.19. The molecule has 4 rings (SSSR count). The van der Waals surface area contributed by atoms with Crippen LogP contribution >= 0.6 is 0 Å². The van der Waals surface area contributed by atoms with Crippen LogP contribution in [-0.4, -0.2) is 15.4 Å². The number of nitrogens with zero attached hydrogens (tertiary/aromatic N) is 2. The molecule has 0 aliphatic heterocycles. The van der Waals surface area contributed by atoms with Crippen molar-refractivity contribution in [1.82, 2.24) is 9.38 Å². The molecule has 7 nitrogen and oxygen atoms in total. The van der Waals surface area contributed by atoms with E-state index in [-0.39, 0.29) is 18.0 Å². The van der Waals surface area contributed by atoms with Crippen molar-refractivity contribution in [2.45, 2.75) is 13.5 Å². The van der Waals surface area contributed by atoms with Gasteiger partial charge in [-0.3, -0.25) is 9.20 Å². The fourth-order valence-electron chi connectivity index (χ4n) is 2.93. The largest absolute Gasteiger partial charge is 0.487 e. The summed E-state index contributed by atoms with van der Waals surface area (Å²) >= 11 is 0. The van der Waals surface area contributed by atoms with Gasteiger partial charge in [-0.05, 0) is 61.0 Å². The number of urea groups is 1. The Kier molecular flexibility index (Phi) is 5.61. The predicted molar refractivity (Wildman–Crippen MR) is 116 cm³/mol. The number of fused-ring (bicyclic) bond motifs is 1. The Hall–Kier alpha value is -4.20. The van der Waals surface area contributed by atoms with Crippen LogP contribution in [0.2, 0.25) is 0 Å². The first kappa shape index (κ1) is 20.1. The molecule has 0 aliphatic rings. The van der Waals surface area contributed by atoms with Crippen molar-refractivity contribution in [3.63, 3.8) is 0 Å². The molecule has 2 N–H and O–H groups in total. The second-order valence-corrected chi connectivity index (χ2v) is 6.87. The maximum atomic E-state index is 13.6. The molecule has 156 valence electrons. The summed E-state index contributed by atoms with van der Waals surface area (Å²) in [4.78, 5) is 28.6. The number of amides is 2. The fraction of sp³-hybridized carbons (Fsp3) is 0.0870. The van der Waals surface area contributed by atoms with E-state index in [4.69, 9.17) is 4.74 Å². The molecule has 4 aromatic rings. The number of aryl methyl sites for hydroxylation is 1. The van der Waals surface area contributed by atoms with E-state index in [1.165, 1.54) is 16.5 Å². The van der Waals surface area contributed by atoms with Crippen LogP contribution in [0.3, 0.4) is 0 Å². The van der Waals surface area contributed by atoms with Gasteiger partial charge in [0.25, 0.3) is 5.56 Å². The molecule has 2 aromatic heterocycles. The average molecular weight is 418 g/mol. The molecule has 31 heavy (non-hydrogen) atoms. The summed E-state index contributed by atoms with van der Waals surface area (Å²) in [5.41, 5.74) is 2.29. The van der Waals surface area contributed by atoms with Gasteiger partial charge in [-0.25, -0.2) is 14.2 Å². The highest BCUT2D eigenvalue weighted by Gasteiger charge is 2.06. The Labute approximate surface area is 177 Å². The van der Waals surface area contributed by atoms with E-state index in [1.807, 2.05) is 6.07 Å². The Bertz CT molecular complexity index is 1300. The van der Waals surface area contributed by atoms with Crippen molar-refractivity contribution in [2.24, 2.45) is 0 Å². The molecular weight excluding hydrogens is 399 g/mol. The summed E-state index contributed by atoms with van der Waals surface area (Å²) in [6, 6.07) is 17.5. The van der Waals surface area contributed by atoms with Gasteiger partial charge in [0, 0.05) is 23.6 Å². The molecular formula is C23H19FN4O3. The number of halogens is 1. The number of hydrogen-bond acceptors (Lipinski definition) is 4. The Morgan fingerprint density at radius 1 is 1.03 bits per heavy atom. The molecule has 2 amide bonds. The molecule has 0 radical (unpaired) electrons. The molecule has 0 unspecified atom stereocenters. The Morgan fingerprint density at radius 2 is 1.77 bits per heavy atom. The maximum Gasteiger partial charge on any atom is 0.323 e. The molecule has 2 heterocycles. The highest BCUT2D eigenvalue weighted by Crippen LogP contribution is 2.18. The zero-order valence-corrected chi connectivity index (χ0v) is 16.6. The summed E-state index contributed by atoms with van der Waals surface area (Å²) in [6.45, 7) is 1.78. The second kappa shape index (κ2) is 8.66. The molecule has 0 fully saturated rings. The summed E-state index contributed by atoms with van der Waals surface area (Å²) in [5, 5.41) is 5.25. The third-order valence-corrected chi connectivity index (χ3v) is 4.55. The molecule has 0 atom stereocenters. The highest BCUT2D eigenvalue weighted by atomic mass is 19.1. The van der Waals surface area contributed by atoms with Gasteiger partial charge in [0.1, 0.15) is 23.8 Å². The summed E-state index contributed by atoms with van der Waals surface area (Å²) in [5.74, 6) is 0.171. The van der Waals surface area contributed by atoms with E-state index < -0.39 is 6.03 Å². The van der Waals surface area contributed by atoms with Crippen molar-refractivity contribution >= 4 is 23.1 Å². The fourth-order valence-corrected chi connectivity index (χ4v) is 2.93. The second-order valence-electron chi connectivity index (χ2n) is 6.87. The van der Waals surface area contributed by atoms with Crippen LogP contribution in [0, 0.1) is 12.7 Å². The lowest BCUT2D eigenvalue weighted by atomic mass is 10.2. The number of nitrogens with one attached hydrogen (secondary N) is 2. The first-order chi connectivity index (χ1) is 15.0. The normalized spacial score (nSPS) is 10.6. The van der Waals surface area contributed by atoms with Gasteiger partial charge in [-0.2, -0.15) is 0 Å². The first-order valence-electron chi connectivity index (χ1n) is 9.52. The van der Waals surface area contributed by atoms with E-state index in [1.54, 1.807) is 61.7 Å². The van der Waals surface area contributed by atoms with E-state index in [0.29, 0.717) is 34.0 Å². The average Bonchev–Trinajstić information content (AvgIpc) is 2.76. The van der Waals surface area contributed by atoms with Gasteiger partial charge >= 0.3 is 6.03 Å². The van der Waals surface area contributed by atoms with Crippen molar-refractivity contribution in [1.29, 1.82) is 0 Å². The van der Waals surface area contributed by atoms with Crippen LogP contribution < -0.4 is 20.9 Å². The highest BCUT2D eigenvalue weighted by molar-refractivity contribution is 5.99. The minimum absolute atomic E-state index is 0.132. The minimum Gasteiger partial charge on any atom is -0.487 e. The third kappa shape index (κ3) is 4.87. The van der Waals surface area contributed by atoms with E-state index in [9.17, 15) is 14.0 Å². The Morgan fingerprint density at radius 3 is 2.55 bits per heavy atom. The number of rotatable bonds is 5. The quantitative estimate of drug-likeness (QED) is 0.504. The van der Waals surface area contributed by atoms with Crippen LogP contribution in [0.5, 0.6) is 5.75 Å². The standard InChI is InChI=1S/C23H19FN4O3/c1-15-5-6-17(12-20(15)24)27-23(30)26-16-7-9-19(10-8-16)31-14-18-13-22(29)28-11-3-2-4-21(28)25-18/h2-13H,14H2,1H3,(H2,26,27,30). The van der Waals surface area contributed by atoms with Gasteiger partial charge in [0.15, 0.2) is 0 Å². The van der Waals surface area contributed by atoms with Crippen LogP contribution in [-0.2, 0) is 6.61 Å². The summed E-state index contributed by atoms with van der Waals surface area (Å²) in [7, 11) is 0. The number of carbonyl (C=O) groups is 1. The molecule has 0 aliphatic carbocycles. The van der Waals surface area contributed by atoms with Crippen LogP contribution in [0.4, 0.5) is 20.6 Å². The lowest BCUT2D eigenvalue weighted by molar-refractivity contribution is 0.262. The predicted octanol–water partition coefficient (Wildman–Crippen LogP) is 4.37. The third-order valence-electron chi connectivity index (χ3n) is 4.55. The molecule has 2 aromatic carbocycles. The van der Waals surface area contributed by atoms with Crippen LogP contribution in [0.1, 0.15) is 11.3 Å². The zero-order valence-electron chi connectivity index (χ0n) is 16.6. The van der Waals surface area contributed by atoms with Crippen LogP contribution in [0.25, 0.3) is 5.65 Å². The minimum atomic E-state index is -0.488. The molecule has 0 saturated heterocycles. The summed E-state index contributed by atoms with van der Waals surface area (Å²) < 4.78 is 20.7. The van der Waals surface area contributed by atoms with Gasteiger partial charge < -0.3 is 15.4 Å². The number of aromatic nitrogens is 2. The topological polar surface area (TPSA) is 84.7 Å². The van der Waals surface area contributed by atoms with Crippen molar-refractivity contribution in [3.8, 4) is 5.75 Å². The van der Waals surface area contributed by atoms with Crippen molar-refractivity contribution < 1.29 is 13.9 Å². The SMILES string of the molecule is Cc1ccc(NC(=O)Nc2ccc(OCc3cc(=O)n4ccccc4n3)cc2)cc1F. The number of hydrogen-bond donors (Lipinski definition) is 2. The lowest BCUT2D eigenvalue weighted by Gasteiger charge is -2.10. The van der Waals surface area contributed by atoms with Gasteiger partial charge in [-0.1, -0.05) is 12.1 Å². The molecule has 8 heteroatoms. The number of anilines is 2. The van der Waals surface area contributed by atoms with Gasteiger partial charge in [0.2, 0.25) is 0 Å². The van der Waals surface area contributed by atoms with Gasteiger partial charge in [-0.15, -0.1) is 0 Å². The monoisotopic (exact) mass is 418 g/mol. The summed E-state index contributed by atoms with van der Waals surface area (Å²) in [6.07, 6.45) is 1.66. The number of ether oxygens (including phenoxy) is 1. The van der Waals surface area contributed by atoms with Crippen molar-refractivity contribution in [3.05, 3.63) is 100 Å². The smallest absolute Gasteiger partial charge is 0.323 e. The molecule has 0 saturated carbocycles. The molecule has 0 bridgehead atoms. The maximum absolute atomic E-state index is 13.6. The van der Waals surface area contributed by atoms with Crippen molar-refractivity contribution in [2.75, 3.05) is 10.6 Å². The van der Waals surface area contributed by atoms with Crippen LogP contribution in [0.15, 0.2) is 77.7 Å². The Balaban J connectivity index is 1.35.